The molecule has 0 spiro atoms. The molecule has 0 aromatic rings. The summed E-state index contributed by atoms with van der Waals surface area (Å²) in [5.74, 6) is 0.730. The molecular formula is C14H28N2O2. The fourth-order valence-corrected chi connectivity index (χ4v) is 2.63. The van der Waals surface area contributed by atoms with Gasteiger partial charge in [0, 0.05) is 26.2 Å². The number of rotatable bonds is 6. The van der Waals surface area contributed by atoms with Crippen LogP contribution in [-0.2, 0) is 9.53 Å². The third-order valence-corrected chi connectivity index (χ3v) is 3.60. The molecule has 1 aliphatic rings. The third-order valence-electron chi connectivity index (χ3n) is 3.60. The average molecular weight is 256 g/mol. The molecule has 1 saturated carbocycles. The number of carbonyl (C=O) groups excluding carboxylic acids is 1. The monoisotopic (exact) mass is 256 g/mol. The van der Waals surface area contributed by atoms with Gasteiger partial charge in [0.05, 0.1) is 12.5 Å². The maximum atomic E-state index is 12.5. The van der Waals surface area contributed by atoms with Crippen molar-refractivity contribution in [2.45, 2.75) is 45.6 Å². The molecular weight excluding hydrogens is 228 g/mol. The first-order chi connectivity index (χ1) is 8.56. The van der Waals surface area contributed by atoms with Crippen molar-refractivity contribution in [3.8, 4) is 0 Å². The van der Waals surface area contributed by atoms with E-state index in [2.05, 4.69) is 13.8 Å². The van der Waals surface area contributed by atoms with Gasteiger partial charge in [0.15, 0.2) is 0 Å². The van der Waals surface area contributed by atoms with Crippen LogP contribution in [0, 0.1) is 11.8 Å². The number of nitrogens with two attached hydrogens (primary N) is 1. The number of methoxy groups -OCH3 is 1. The van der Waals surface area contributed by atoms with Crippen LogP contribution in [0.1, 0.15) is 39.5 Å². The third kappa shape index (κ3) is 4.58. The summed E-state index contributed by atoms with van der Waals surface area (Å²) in [7, 11) is 1.67. The van der Waals surface area contributed by atoms with Gasteiger partial charge in [-0.2, -0.15) is 0 Å². The molecule has 2 N–H and O–H groups in total. The molecule has 0 aromatic heterocycles. The minimum Gasteiger partial charge on any atom is -0.383 e. The van der Waals surface area contributed by atoms with Crippen molar-refractivity contribution >= 4 is 5.91 Å². The van der Waals surface area contributed by atoms with Crippen LogP contribution in [0.3, 0.4) is 0 Å². The molecule has 18 heavy (non-hydrogen) atoms. The van der Waals surface area contributed by atoms with E-state index in [1.54, 1.807) is 7.11 Å². The molecule has 1 amide bonds. The van der Waals surface area contributed by atoms with Gasteiger partial charge in [-0.3, -0.25) is 4.79 Å². The molecule has 1 rings (SSSR count). The molecule has 2 unspecified atom stereocenters. The Balaban J connectivity index is 2.61. The molecule has 0 aromatic carbocycles. The second kappa shape index (κ2) is 7.74. The van der Waals surface area contributed by atoms with Gasteiger partial charge < -0.3 is 15.4 Å². The molecule has 1 aliphatic carbocycles. The lowest BCUT2D eigenvalue weighted by Gasteiger charge is -2.33. The summed E-state index contributed by atoms with van der Waals surface area (Å²) in [5.41, 5.74) is 6.10. The summed E-state index contributed by atoms with van der Waals surface area (Å²) in [6.07, 6.45) is 4.22. The number of nitrogens with zero attached hydrogens (tertiary/aromatic N) is 1. The van der Waals surface area contributed by atoms with E-state index in [9.17, 15) is 4.79 Å². The van der Waals surface area contributed by atoms with Gasteiger partial charge in [0.25, 0.3) is 0 Å². The predicted molar refractivity (Wildman–Crippen MR) is 73.2 cm³/mol. The molecule has 4 nitrogen and oxygen atoms in total. The van der Waals surface area contributed by atoms with Crippen LogP contribution in [0.2, 0.25) is 0 Å². The van der Waals surface area contributed by atoms with Crippen LogP contribution in [-0.4, -0.2) is 43.7 Å². The van der Waals surface area contributed by atoms with Gasteiger partial charge in [0.2, 0.25) is 5.91 Å². The van der Waals surface area contributed by atoms with Gasteiger partial charge in [0.1, 0.15) is 0 Å². The van der Waals surface area contributed by atoms with Crippen molar-refractivity contribution in [2.75, 3.05) is 26.8 Å². The van der Waals surface area contributed by atoms with Crippen molar-refractivity contribution in [3.63, 3.8) is 0 Å². The number of hydrogen-bond acceptors (Lipinski definition) is 3. The van der Waals surface area contributed by atoms with Crippen LogP contribution in [0.15, 0.2) is 0 Å². The van der Waals surface area contributed by atoms with E-state index >= 15 is 0 Å². The van der Waals surface area contributed by atoms with E-state index < -0.39 is 0 Å². The Bertz CT molecular complexity index is 256. The molecule has 0 aliphatic heterocycles. The highest BCUT2D eigenvalue weighted by atomic mass is 16.5. The summed E-state index contributed by atoms with van der Waals surface area (Å²) < 4.78 is 5.09. The second-order valence-electron chi connectivity index (χ2n) is 5.73. The van der Waals surface area contributed by atoms with Gasteiger partial charge in [-0.25, -0.2) is 0 Å². The standard InChI is InChI=1S/C14H28N2O2/c1-11(2)10-16(8-9-18-3)14(17)12-6-4-5-7-13(12)15/h11-13H,4-10,15H2,1-3H3. The highest BCUT2D eigenvalue weighted by Crippen LogP contribution is 2.25. The smallest absolute Gasteiger partial charge is 0.227 e. The molecule has 0 bridgehead atoms. The lowest BCUT2D eigenvalue weighted by atomic mass is 9.84. The summed E-state index contributed by atoms with van der Waals surface area (Å²) in [5, 5.41) is 0. The zero-order valence-corrected chi connectivity index (χ0v) is 12.0. The maximum absolute atomic E-state index is 12.5. The van der Waals surface area contributed by atoms with Crippen LogP contribution in [0.5, 0.6) is 0 Å². The lowest BCUT2D eigenvalue weighted by Crippen LogP contribution is -2.47. The normalized spacial score (nSPS) is 24.3. The average Bonchev–Trinajstić information content (AvgIpc) is 2.34. The van der Waals surface area contributed by atoms with Crippen LogP contribution >= 0.6 is 0 Å². The van der Waals surface area contributed by atoms with Gasteiger partial charge in [-0.05, 0) is 18.8 Å². The van der Waals surface area contributed by atoms with Crippen molar-refractivity contribution in [2.24, 2.45) is 17.6 Å². The van der Waals surface area contributed by atoms with Gasteiger partial charge >= 0.3 is 0 Å². The summed E-state index contributed by atoms with van der Waals surface area (Å²) in [6, 6.07) is 0.0449. The van der Waals surface area contributed by atoms with Crippen molar-refractivity contribution in [1.29, 1.82) is 0 Å². The van der Waals surface area contributed by atoms with Gasteiger partial charge in [-0.1, -0.05) is 26.7 Å². The zero-order valence-electron chi connectivity index (χ0n) is 12.0. The van der Waals surface area contributed by atoms with Crippen LogP contribution in [0.25, 0.3) is 0 Å². The Kier molecular flexibility index (Phi) is 6.65. The first-order valence-corrected chi connectivity index (χ1v) is 7.09. The number of carbonyl (C=O) groups is 1. The number of hydrogen-bond donors (Lipinski definition) is 1. The summed E-state index contributed by atoms with van der Waals surface area (Å²) in [6.45, 7) is 6.34. The fourth-order valence-electron chi connectivity index (χ4n) is 2.63. The Morgan fingerprint density at radius 1 is 1.39 bits per heavy atom. The highest BCUT2D eigenvalue weighted by Gasteiger charge is 2.31. The van der Waals surface area contributed by atoms with E-state index in [0.717, 1.165) is 32.2 Å². The number of ether oxygens (including phenoxy) is 1. The van der Waals surface area contributed by atoms with E-state index in [4.69, 9.17) is 10.5 Å². The fraction of sp³-hybridized carbons (Fsp3) is 0.929. The largest absolute Gasteiger partial charge is 0.383 e. The zero-order chi connectivity index (χ0) is 13.5. The highest BCUT2D eigenvalue weighted by molar-refractivity contribution is 5.79. The van der Waals surface area contributed by atoms with Crippen LogP contribution < -0.4 is 5.73 Å². The van der Waals surface area contributed by atoms with Crippen molar-refractivity contribution in [1.82, 2.24) is 4.90 Å². The molecule has 2 atom stereocenters. The van der Waals surface area contributed by atoms with Crippen molar-refractivity contribution < 1.29 is 9.53 Å². The quantitative estimate of drug-likeness (QED) is 0.786. The van der Waals surface area contributed by atoms with E-state index in [1.807, 2.05) is 4.90 Å². The lowest BCUT2D eigenvalue weighted by molar-refractivity contribution is -0.138. The SMILES string of the molecule is COCCN(CC(C)C)C(=O)C1CCCCC1N. The summed E-state index contributed by atoms with van der Waals surface area (Å²) in [4.78, 5) is 14.5. The predicted octanol–water partition coefficient (Wildman–Crippen LogP) is 1.63. The molecule has 4 heteroatoms. The molecule has 0 radical (unpaired) electrons. The second-order valence-corrected chi connectivity index (χ2v) is 5.73. The van der Waals surface area contributed by atoms with Crippen LogP contribution in [0.4, 0.5) is 0 Å². The summed E-state index contributed by atoms with van der Waals surface area (Å²) >= 11 is 0. The van der Waals surface area contributed by atoms with E-state index in [1.165, 1.54) is 0 Å². The Labute approximate surface area is 111 Å². The molecule has 1 fully saturated rings. The van der Waals surface area contributed by atoms with Gasteiger partial charge in [-0.15, -0.1) is 0 Å². The first kappa shape index (κ1) is 15.4. The Morgan fingerprint density at radius 3 is 2.61 bits per heavy atom. The topological polar surface area (TPSA) is 55.6 Å². The Morgan fingerprint density at radius 2 is 2.06 bits per heavy atom. The van der Waals surface area contributed by atoms with Crippen molar-refractivity contribution in [3.05, 3.63) is 0 Å². The molecule has 0 heterocycles. The minimum absolute atomic E-state index is 0.0226. The molecule has 0 saturated heterocycles. The maximum Gasteiger partial charge on any atom is 0.227 e. The number of amides is 1. The first-order valence-electron chi connectivity index (χ1n) is 7.09. The van der Waals surface area contributed by atoms with E-state index in [0.29, 0.717) is 19.1 Å². The minimum atomic E-state index is 0.0226. The Hall–Kier alpha value is -0.610. The molecule has 106 valence electrons. The van der Waals surface area contributed by atoms with E-state index in [-0.39, 0.29) is 17.9 Å².